The van der Waals surface area contributed by atoms with Crippen LogP contribution < -0.4 is 0 Å². The zero-order valence-corrected chi connectivity index (χ0v) is 14.2. The molecule has 2 aliphatic heterocycles. The fourth-order valence-electron chi connectivity index (χ4n) is 3.81. The molecule has 1 aromatic carbocycles. The van der Waals surface area contributed by atoms with Gasteiger partial charge in [0.25, 0.3) is 0 Å². The quantitative estimate of drug-likeness (QED) is 0.756. The summed E-state index contributed by atoms with van der Waals surface area (Å²) < 4.78 is 45.5. The van der Waals surface area contributed by atoms with Gasteiger partial charge in [-0.2, -0.15) is 13.2 Å². The van der Waals surface area contributed by atoms with E-state index in [9.17, 15) is 22.8 Å². The van der Waals surface area contributed by atoms with Crippen molar-refractivity contribution >= 4 is 23.7 Å². The summed E-state index contributed by atoms with van der Waals surface area (Å²) in [6, 6.07) is 4.35. The van der Waals surface area contributed by atoms with Gasteiger partial charge in [0.2, 0.25) is 0 Å². The topological polar surface area (TPSA) is 68.1 Å². The number of alkyl halides is 3. The molecule has 0 fully saturated rings. The third-order valence-corrected chi connectivity index (χ3v) is 4.87. The minimum Gasteiger partial charge on any atom is -0.468 e. The fourth-order valence-corrected chi connectivity index (χ4v) is 3.81. The highest BCUT2D eigenvalue weighted by atomic mass is 19.4. The van der Waals surface area contributed by atoms with E-state index < -0.39 is 41.5 Å². The van der Waals surface area contributed by atoms with E-state index in [2.05, 4.69) is 9.98 Å². The third kappa shape index (κ3) is 3.04. The van der Waals surface area contributed by atoms with Gasteiger partial charge in [-0.15, -0.1) is 0 Å². The zero-order chi connectivity index (χ0) is 19.1. The Hall–Kier alpha value is -2.51. The monoisotopic (exact) mass is 366 g/mol. The molecule has 0 aliphatic carbocycles. The molecule has 0 amide bonds. The van der Waals surface area contributed by atoms with Crippen molar-refractivity contribution in [2.24, 2.45) is 21.8 Å². The van der Waals surface area contributed by atoms with Crippen LogP contribution in [0, 0.1) is 11.8 Å². The normalized spacial score (nSPS) is 28.3. The molecule has 0 saturated carbocycles. The summed E-state index contributed by atoms with van der Waals surface area (Å²) in [6.07, 6.45) is -3.13. The van der Waals surface area contributed by atoms with Gasteiger partial charge in [0, 0.05) is 17.8 Å². The number of rotatable bonds is 2. The second-order valence-corrected chi connectivity index (χ2v) is 6.35. The van der Waals surface area contributed by atoms with Gasteiger partial charge in [-0.1, -0.05) is 18.2 Å². The molecule has 0 saturated heterocycles. The lowest BCUT2D eigenvalue weighted by atomic mass is 9.67. The molecule has 5 nitrogen and oxygen atoms in total. The molecule has 0 radical (unpaired) electrons. The van der Waals surface area contributed by atoms with Crippen molar-refractivity contribution in [3.05, 3.63) is 35.4 Å². The van der Waals surface area contributed by atoms with Crippen LogP contribution in [0.15, 0.2) is 34.3 Å². The maximum absolute atomic E-state index is 13.6. The summed E-state index contributed by atoms with van der Waals surface area (Å²) in [5, 5.41) is 0. The summed E-state index contributed by atoms with van der Waals surface area (Å²) in [6.45, 7) is 1.43. The third-order valence-electron chi connectivity index (χ3n) is 4.87. The Kier molecular flexibility index (Phi) is 4.68. The number of fused-ring (bicyclic) bond motifs is 1. The van der Waals surface area contributed by atoms with Crippen LogP contribution >= 0.6 is 0 Å². The van der Waals surface area contributed by atoms with Crippen molar-refractivity contribution in [2.75, 3.05) is 13.7 Å². The van der Waals surface area contributed by atoms with Crippen molar-refractivity contribution in [3.8, 4) is 0 Å². The SMILES string of the molecule is COC(=O)C1C(C)=NC2C=NCC(=O)C2C1c1ccccc1C(F)(F)F. The maximum Gasteiger partial charge on any atom is 0.416 e. The summed E-state index contributed by atoms with van der Waals surface area (Å²) in [5.74, 6) is -3.99. The van der Waals surface area contributed by atoms with Crippen molar-refractivity contribution in [1.82, 2.24) is 0 Å². The molecule has 8 heteroatoms. The van der Waals surface area contributed by atoms with Gasteiger partial charge in [-0.05, 0) is 18.6 Å². The first-order valence-corrected chi connectivity index (χ1v) is 8.06. The molecule has 2 aliphatic rings. The number of Topliss-reactive ketones (excluding diaryl/α,β-unsaturated/α-hetero) is 1. The van der Waals surface area contributed by atoms with Crippen LogP contribution in [0.3, 0.4) is 0 Å². The zero-order valence-electron chi connectivity index (χ0n) is 14.2. The van der Waals surface area contributed by atoms with Crippen LogP contribution in [-0.2, 0) is 20.5 Å². The van der Waals surface area contributed by atoms with Gasteiger partial charge < -0.3 is 4.74 Å². The van der Waals surface area contributed by atoms with Crippen LogP contribution in [0.25, 0.3) is 0 Å². The predicted molar refractivity (Wildman–Crippen MR) is 88.4 cm³/mol. The number of ketones is 1. The number of hydrogen-bond donors (Lipinski definition) is 0. The van der Waals surface area contributed by atoms with E-state index in [1.807, 2.05) is 0 Å². The minimum atomic E-state index is -4.61. The van der Waals surface area contributed by atoms with Gasteiger partial charge in [0.1, 0.15) is 5.92 Å². The Labute approximate surface area is 148 Å². The summed E-state index contributed by atoms with van der Waals surface area (Å²) >= 11 is 0. The van der Waals surface area contributed by atoms with Gasteiger partial charge in [0.05, 0.1) is 31.2 Å². The maximum atomic E-state index is 13.6. The second-order valence-electron chi connectivity index (χ2n) is 6.35. The molecule has 138 valence electrons. The molecule has 0 aromatic heterocycles. The first-order chi connectivity index (χ1) is 12.3. The number of nitrogens with zero attached hydrogens (tertiary/aromatic N) is 2. The van der Waals surface area contributed by atoms with E-state index in [0.717, 1.165) is 6.07 Å². The minimum absolute atomic E-state index is 0.0942. The van der Waals surface area contributed by atoms with Crippen LogP contribution in [0.5, 0.6) is 0 Å². The van der Waals surface area contributed by atoms with E-state index in [-0.39, 0.29) is 17.9 Å². The van der Waals surface area contributed by atoms with Crippen molar-refractivity contribution in [2.45, 2.75) is 25.1 Å². The van der Waals surface area contributed by atoms with Crippen LogP contribution in [0.4, 0.5) is 13.2 Å². The average Bonchev–Trinajstić information content (AvgIpc) is 2.59. The van der Waals surface area contributed by atoms with Crippen molar-refractivity contribution in [1.29, 1.82) is 0 Å². The van der Waals surface area contributed by atoms with E-state index in [0.29, 0.717) is 5.71 Å². The first kappa shape index (κ1) is 18.3. The molecular weight excluding hydrogens is 349 g/mol. The molecule has 4 atom stereocenters. The van der Waals surface area contributed by atoms with Crippen LogP contribution in [0.1, 0.15) is 24.0 Å². The van der Waals surface area contributed by atoms with E-state index in [4.69, 9.17) is 4.74 Å². The average molecular weight is 366 g/mol. The van der Waals surface area contributed by atoms with E-state index >= 15 is 0 Å². The molecule has 0 bridgehead atoms. The largest absolute Gasteiger partial charge is 0.468 e. The summed E-state index contributed by atoms with van der Waals surface area (Å²) in [7, 11) is 1.17. The number of carbonyl (C=O) groups is 2. The van der Waals surface area contributed by atoms with E-state index in [1.165, 1.54) is 31.5 Å². The number of benzene rings is 1. The van der Waals surface area contributed by atoms with Crippen molar-refractivity contribution < 1.29 is 27.5 Å². The number of aliphatic imine (C=N–C) groups is 2. The fraction of sp³-hybridized carbons (Fsp3) is 0.444. The van der Waals surface area contributed by atoms with Crippen LogP contribution in [-0.4, -0.2) is 43.4 Å². The predicted octanol–water partition coefficient (Wildman–Crippen LogP) is 2.69. The molecule has 2 heterocycles. The Morgan fingerprint density at radius 3 is 2.58 bits per heavy atom. The molecule has 4 unspecified atom stereocenters. The number of methoxy groups -OCH3 is 1. The smallest absolute Gasteiger partial charge is 0.416 e. The molecular formula is C18H17F3N2O3. The van der Waals surface area contributed by atoms with Gasteiger partial charge in [0.15, 0.2) is 5.78 Å². The molecule has 3 rings (SSSR count). The molecule has 0 spiro atoms. The Bertz CT molecular complexity index is 801. The second kappa shape index (κ2) is 6.66. The summed E-state index contributed by atoms with van der Waals surface area (Å²) in [5.41, 5.74) is -0.618. The molecule has 0 N–H and O–H groups in total. The Balaban J connectivity index is 2.24. The number of carbonyl (C=O) groups excluding carboxylic acids is 2. The lowest BCUT2D eigenvalue weighted by molar-refractivity contribution is -0.146. The highest BCUT2D eigenvalue weighted by molar-refractivity contribution is 6.06. The summed E-state index contributed by atoms with van der Waals surface area (Å²) in [4.78, 5) is 33.2. The lowest BCUT2D eigenvalue weighted by Gasteiger charge is -2.40. The first-order valence-electron chi connectivity index (χ1n) is 8.06. The van der Waals surface area contributed by atoms with Crippen molar-refractivity contribution in [3.63, 3.8) is 0 Å². The van der Waals surface area contributed by atoms with Gasteiger partial charge >= 0.3 is 12.1 Å². The number of hydrogen-bond acceptors (Lipinski definition) is 5. The van der Waals surface area contributed by atoms with Gasteiger partial charge in [-0.25, -0.2) is 0 Å². The highest BCUT2D eigenvalue weighted by Crippen LogP contribution is 2.45. The number of esters is 1. The lowest BCUT2D eigenvalue weighted by Crippen LogP contribution is -2.49. The number of halogens is 3. The van der Waals surface area contributed by atoms with Gasteiger partial charge in [-0.3, -0.25) is 19.6 Å². The molecule has 1 aromatic rings. The standard InChI is InChI=1S/C18H17F3N2O3/c1-9-14(17(25)26-2)15(16-12(23-9)7-22-8-13(16)24)10-5-3-4-6-11(10)18(19,20)21/h3-7,12,14-16H,8H2,1-2H3. The highest BCUT2D eigenvalue weighted by Gasteiger charge is 2.50. The van der Waals surface area contributed by atoms with Crippen LogP contribution in [0.2, 0.25) is 0 Å². The number of ether oxygens (including phenoxy) is 1. The Morgan fingerprint density at radius 2 is 1.92 bits per heavy atom. The molecule has 26 heavy (non-hydrogen) atoms. The Morgan fingerprint density at radius 1 is 1.23 bits per heavy atom. The van der Waals surface area contributed by atoms with E-state index in [1.54, 1.807) is 6.92 Å².